The van der Waals surface area contributed by atoms with E-state index in [1.807, 2.05) is 0 Å². The Hall–Kier alpha value is -2.04. The Kier molecular flexibility index (Phi) is 5.41. The second kappa shape index (κ2) is 7.53. The van der Waals surface area contributed by atoms with Crippen molar-refractivity contribution >= 4 is 0 Å². The molecule has 0 fully saturated rings. The molecule has 1 unspecified atom stereocenters. The lowest BCUT2D eigenvalue weighted by Crippen LogP contribution is -2.30. The fraction of sp³-hybridized carbons (Fsp3) is 0.263. The predicted molar refractivity (Wildman–Crippen MR) is 85.6 cm³/mol. The summed E-state index contributed by atoms with van der Waals surface area (Å²) >= 11 is 0. The number of hydrogen-bond acceptors (Lipinski definition) is 1. The number of benzene rings is 2. The van der Waals surface area contributed by atoms with Gasteiger partial charge in [0.25, 0.3) is 0 Å². The van der Waals surface area contributed by atoms with Crippen molar-refractivity contribution in [3.05, 3.63) is 71.8 Å². The third-order valence-corrected chi connectivity index (χ3v) is 3.50. The molecule has 0 amide bonds. The van der Waals surface area contributed by atoms with Gasteiger partial charge in [-0.2, -0.15) is 0 Å². The van der Waals surface area contributed by atoms with Gasteiger partial charge < -0.3 is 5.32 Å². The number of terminal acetylenes is 1. The van der Waals surface area contributed by atoms with E-state index in [1.54, 1.807) is 0 Å². The zero-order valence-corrected chi connectivity index (χ0v) is 11.9. The molecule has 2 rings (SSSR count). The van der Waals surface area contributed by atoms with Crippen LogP contribution in [0.15, 0.2) is 60.7 Å². The van der Waals surface area contributed by atoms with Crippen molar-refractivity contribution in [1.29, 1.82) is 0 Å². The second-order valence-corrected chi connectivity index (χ2v) is 5.09. The predicted octanol–water partition coefficient (Wildman–Crippen LogP) is 3.82. The highest BCUT2D eigenvalue weighted by Gasteiger charge is 2.14. The summed E-state index contributed by atoms with van der Waals surface area (Å²) in [4.78, 5) is 0. The minimum atomic E-state index is 0.343. The largest absolute Gasteiger partial charge is 0.312 e. The molecular formula is C19H21N. The first-order chi connectivity index (χ1) is 9.81. The molecule has 102 valence electrons. The Labute approximate surface area is 122 Å². The van der Waals surface area contributed by atoms with E-state index in [-0.39, 0.29) is 0 Å². The van der Waals surface area contributed by atoms with E-state index in [9.17, 15) is 0 Å². The van der Waals surface area contributed by atoms with Gasteiger partial charge in [-0.25, -0.2) is 0 Å². The molecule has 0 aromatic heterocycles. The monoisotopic (exact) mass is 263 g/mol. The maximum Gasteiger partial charge on any atom is 0.0238 e. The Morgan fingerprint density at radius 2 is 1.45 bits per heavy atom. The van der Waals surface area contributed by atoms with E-state index in [0.717, 1.165) is 13.0 Å². The van der Waals surface area contributed by atoms with E-state index >= 15 is 0 Å². The average molecular weight is 263 g/mol. The second-order valence-electron chi connectivity index (χ2n) is 5.09. The van der Waals surface area contributed by atoms with E-state index in [4.69, 9.17) is 6.42 Å². The average Bonchev–Trinajstić information content (AvgIpc) is 2.50. The summed E-state index contributed by atoms with van der Waals surface area (Å²) in [5.74, 6) is 3.07. The maximum absolute atomic E-state index is 5.37. The molecule has 20 heavy (non-hydrogen) atoms. The van der Waals surface area contributed by atoms with Gasteiger partial charge in [0, 0.05) is 24.9 Å². The minimum Gasteiger partial charge on any atom is -0.312 e. The van der Waals surface area contributed by atoms with Gasteiger partial charge in [0.1, 0.15) is 0 Å². The van der Waals surface area contributed by atoms with Crippen molar-refractivity contribution in [3.63, 3.8) is 0 Å². The summed E-state index contributed by atoms with van der Waals surface area (Å²) in [7, 11) is 0. The van der Waals surface area contributed by atoms with Crippen LogP contribution in [0.4, 0.5) is 0 Å². The van der Waals surface area contributed by atoms with Gasteiger partial charge >= 0.3 is 0 Å². The van der Waals surface area contributed by atoms with Gasteiger partial charge in [-0.15, -0.1) is 12.3 Å². The third kappa shape index (κ3) is 3.98. The lowest BCUT2D eigenvalue weighted by molar-refractivity contribution is 0.538. The molecule has 0 radical (unpaired) electrons. The van der Waals surface area contributed by atoms with Gasteiger partial charge in [0.05, 0.1) is 0 Å². The van der Waals surface area contributed by atoms with E-state index in [2.05, 4.69) is 78.8 Å². The highest BCUT2D eigenvalue weighted by molar-refractivity contribution is 5.32. The lowest BCUT2D eigenvalue weighted by Gasteiger charge is -2.21. The van der Waals surface area contributed by atoms with Gasteiger partial charge in [-0.1, -0.05) is 60.7 Å². The molecule has 0 heterocycles. The van der Waals surface area contributed by atoms with Gasteiger partial charge in [-0.3, -0.25) is 0 Å². The van der Waals surface area contributed by atoms with Crippen molar-refractivity contribution in [1.82, 2.24) is 5.32 Å². The standard InChI is InChI=1S/C19H21N/c1-3-10-16(2)20-15-19(17-11-6-4-7-12-17)18-13-8-5-9-14-18/h1,4-9,11-14,16,19-20H,10,15H2,2H3. The molecule has 0 aliphatic heterocycles. The highest BCUT2D eigenvalue weighted by atomic mass is 14.9. The molecule has 1 atom stereocenters. The zero-order chi connectivity index (χ0) is 14.2. The summed E-state index contributed by atoms with van der Waals surface area (Å²) in [5.41, 5.74) is 2.67. The molecule has 0 saturated carbocycles. The smallest absolute Gasteiger partial charge is 0.0238 e. The molecule has 0 spiro atoms. The molecule has 0 aliphatic carbocycles. The Morgan fingerprint density at radius 1 is 0.950 bits per heavy atom. The van der Waals surface area contributed by atoms with E-state index in [1.165, 1.54) is 11.1 Å². The Balaban J connectivity index is 2.16. The Bertz CT molecular complexity index is 499. The van der Waals surface area contributed by atoms with Crippen LogP contribution < -0.4 is 5.32 Å². The quantitative estimate of drug-likeness (QED) is 0.781. The van der Waals surface area contributed by atoms with Gasteiger partial charge in [-0.05, 0) is 18.1 Å². The van der Waals surface area contributed by atoms with Crippen LogP contribution in [0.5, 0.6) is 0 Å². The van der Waals surface area contributed by atoms with Crippen LogP contribution in [0.25, 0.3) is 0 Å². The fourth-order valence-electron chi connectivity index (χ4n) is 2.37. The first-order valence-corrected chi connectivity index (χ1v) is 7.08. The van der Waals surface area contributed by atoms with Gasteiger partial charge in [0.15, 0.2) is 0 Å². The Morgan fingerprint density at radius 3 is 1.90 bits per heavy atom. The van der Waals surface area contributed by atoms with E-state index in [0.29, 0.717) is 12.0 Å². The molecule has 2 aromatic carbocycles. The molecule has 1 heteroatoms. The highest BCUT2D eigenvalue weighted by Crippen LogP contribution is 2.23. The summed E-state index contributed by atoms with van der Waals surface area (Å²) in [6, 6.07) is 21.6. The van der Waals surface area contributed by atoms with Crippen molar-refractivity contribution in [2.45, 2.75) is 25.3 Å². The SMILES string of the molecule is C#CCC(C)NCC(c1ccccc1)c1ccccc1. The van der Waals surface area contributed by atoms with Crippen LogP contribution in [-0.4, -0.2) is 12.6 Å². The number of hydrogen-bond donors (Lipinski definition) is 1. The van der Waals surface area contributed by atoms with Crippen molar-refractivity contribution in [3.8, 4) is 12.3 Å². The number of rotatable bonds is 6. The summed E-state index contributed by atoms with van der Waals surface area (Å²) < 4.78 is 0. The number of nitrogens with one attached hydrogen (secondary N) is 1. The molecular weight excluding hydrogens is 242 g/mol. The molecule has 2 aromatic rings. The summed E-state index contributed by atoms with van der Waals surface area (Å²) in [6.07, 6.45) is 6.13. The topological polar surface area (TPSA) is 12.0 Å². The summed E-state index contributed by atoms with van der Waals surface area (Å²) in [5, 5.41) is 3.54. The maximum atomic E-state index is 5.37. The van der Waals surface area contributed by atoms with Crippen LogP contribution in [0, 0.1) is 12.3 Å². The lowest BCUT2D eigenvalue weighted by atomic mass is 9.91. The molecule has 0 bridgehead atoms. The van der Waals surface area contributed by atoms with Crippen molar-refractivity contribution < 1.29 is 0 Å². The van der Waals surface area contributed by atoms with Gasteiger partial charge in [0.2, 0.25) is 0 Å². The van der Waals surface area contributed by atoms with Crippen LogP contribution in [-0.2, 0) is 0 Å². The minimum absolute atomic E-state index is 0.343. The third-order valence-electron chi connectivity index (χ3n) is 3.50. The van der Waals surface area contributed by atoms with Crippen molar-refractivity contribution in [2.24, 2.45) is 0 Å². The molecule has 1 nitrogen and oxygen atoms in total. The first kappa shape index (κ1) is 14.4. The van der Waals surface area contributed by atoms with Crippen LogP contribution in [0.3, 0.4) is 0 Å². The summed E-state index contributed by atoms with van der Waals surface area (Å²) in [6.45, 7) is 3.03. The van der Waals surface area contributed by atoms with Crippen LogP contribution in [0.1, 0.15) is 30.4 Å². The fourth-order valence-corrected chi connectivity index (χ4v) is 2.37. The van der Waals surface area contributed by atoms with E-state index < -0.39 is 0 Å². The molecule has 0 saturated heterocycles. The van der Waals surface area contributed by atoms with Crippen LogP contribution in [0.2, 0.25) is 0 Å². The van der Waals surface area contributed by atoms with Crippen molar-refractivity contribution in [2.75, 3.05) is 6.54 Å². The molecule has 1 N–H and O–H groups in total. The van der Waals surface area contributed by atoms with Crippen LogP contribution >= 0.6 is 0 Å². The first-order valence-electron chi connectivity index (χ1n) is 7.08. The normalized spacial score (nSPS) is 12.1. The zero-order valence-electron chi connectivity index (χ0n) is 11.9. The molecule has 0 aliphatic rings.